The van der Waals surface area contributed by atoms with Gasteiger partial charge in [0.05, 0.1) is 5.41 Å². The Morgan fingerprint density at radius 2 is 0.812 bits per heavy atom. The highest BCUT2D eigenvalue weighted by Crippen LogP contribution is 2.47. The van der Waals surface area contributed by atoms with Crippen LogP contribution in [0.5, 0.6) is 5.75 Å². The highest BCUT2D eigenvalue weighted by atomic mass is 127. The molecule has 0 aliphatic carbocycles. The molecule has 0 unspecified atom stereocenters. The summed E-state index contributed by atoms with van der Waals surface area (Å²) in [6, 6.07) is 28.0. The minimum absolute atomic E-state index is 0.277. The predicted octanol–water partition coefficient (Wildman–Crippen LogP) is 8.51. The molecule has 0 aliphatic heterocycles. The van der Waals surface area contributed by atoms with Crippen molar-refractivity contribution >= 4 is 67.8 Å². The van der Waals surface area contributed by atoms with E-state index < -0.39 is 5.41 Å². The number of benzene rings is 4. The Morgan fingerprint density at radius 1 is 0.500 bits per heavy atom. The summed E-state index contributed by atoms with van der Waals surface area (Å²) in [6.45, 7) is 6.52. The van der Waals surface area contributed by atoms with Crippen molar-refractivity contribution in [2.75, 3.05) is 0 Å². The van der Waals surface area contributed by atoms with Gasteiger partial charge in [0.2, 0.25) is 0 Å². The second kappa shape index (κ2) is 9.62. The summed E-state index contributed by atoms with van der Waals surface area (Å²) in [7, 11) is 0. The molecule has 0 heterocycles. The first kappa shape index (κ1) is 24.0. The Bertz CT molecular complexity index is 1170. The molecule has 0 saturated heterocycles. The normalized spacial score (nSPS) is 11.6. The van der Waals surface area contributed by atoms with E-state index in [2.05, 4.69) is 155 Å². The molecule has 0 bridgehead atoms. The van der Waals surface area contributed by atoms with Crippen molar-refractivity contribution in [3.8, 4) is 5.75 Å². The Hall–Kier alpha value is -1.13. The Labute approximate surface area is 231 Å². The van der Waals surface area contributed by atoms with Gasteiger partial charge in [0.1, 0.15) is 5.75 Å². The van der Waals surface area contributed by atoms with E-state index in [0.29, 0.717) is 0 Å². The molecule has 0 fully saturated rings. The fraction of sp³-hybridized carbons (Fsp3) is 0.143. The summed E-state index contributed by atoms with van der Waals surface area (Å²) in [5.41, 5.74) is 8.08. The Morgan fingerprint density at radius 3 is 1.12 bits per heavy atom. The zero-order valence-electron chi connectivity index (χ0n) is 18.1. The maximum Gasteiger partial charge on any atom is 0.115 e. The first-order valence-corrected chi connectivity index (χ1v) is 13.6. The van der Waals surface area contributed by atoms with Crippen LogP contribution in [0.15, 0.2) is 78.9 Å². The summed E-state index contributed by atoms with van der Waals surface area (Å²) < 4.78 is 3.76. The van der Waals surface area contributed by atoms with Crippen LogP contribution in [0.2, 0.25) is 0 Å². The average Bonchev–Trinajstić information content (AvgIpc) is 2.77. The molecular weight excluding hydrogens is 733 g/mol. The second-order valence-electron chi connectivity index (χ2n) is 8.19. The fourth-order valence-corrected chi connectivity index (χ4v) is 5.35. The van der Waals surface area contributed by atoms with E-state index in [-0.39, 0.29) is 5.75 Å². The van der Waals surface area contributed by atoms with Crippen molar-refractivity contribution in [1.82, 2.24) is 0 Å². The molecule has 4 aromatic rings. The van der Waals surface area contributed by atoms with Gasteiger partial charge in [-0.2, -0.15) is 0 Å². The molecular formula is C28H23I3O. The van der Waals surface area contributed by atoms with Gasteiger partial charge in [0.25, 0.3) is 0 Å². The largest absolute Gasteiger partial charge is 0.508 e. The molecule has 0 amide bonds. The van der Waals surface area contributed by atoms with Crippen molar-refractivity contribution in [2.45, 2.75) is 26.2 Å². The smallest absolute Gasteiger partial charge is 0.115 e. The van der Waals surface area contributed by atoms with Crippen LogP contribution in [-0.2, 0) is 5.41 Å². The number of aryl methyl sites for hydroxylation is 3. The molecule has 0 atom stereocenters. The second-order valence-corrected chi connectivity index (χ2v) is 11.7. The number of phenolic OH excluding ortho intramolecular Hbond substituents is 1. The zero-order chi connectivity index (χ0) is 23.0. The summed E-state index contributed by atoms with van der Waals surface area (Å²) in [5, 5.41) is 10.1. The molecule has 4 aromatic carbocycles. The average molecular weight is 756 g/mol. The lowest BCUT2D eigenvalue weighted by Gasteiger charge is -2.37. The summed E-state index contributed by atoms with van der Waals surface area (Å²) in [6.07, 6.45) is 0. The first-order chi connectivity index (χ1) is 15.2. The van der Waals surface area contributed by atoms with Crippen LogP contribution in [0.3, 0.4) is 0 Å². The van der Waals surface area contributed by atoms with Crippen molar-refractivity contribution < 1.29 is 5.11 Å². The molecule has 0 aliphatic rings. The number of phenols is 1. The predicted molar refractivity (Wildman–Crippen MR) is 159 cm³/mol. The molecule has 4 rings (SSSR count). The number of aromatic hydroxyl groups is 1. The van der Waals surface area contributed by atoms with Crippen molar-refractivity contribution in [1.29, 1.82) is 0 Å². The van der Waals surface area contributed by atoms with Gasteiger partial charge in [-0.25, -0.2) is 0 Å². The van der Waals surface area contributed by atoms with Crippen LogP contribution < -0.4 is 0 Å². The van der Waals surface area contributed by atoms with Crippen LogP contribution >= 0.6 is 67.8 Å². The topological polar surface area (TPSA) is 20.2 Å². The number of halogens is 3. The highest BCUT2D eigenvalue weighted by Gasteiger charge is 2.39. The van der Waals surface area contributed by atoms with Crippen LogP contribution in [0.4, 0.5) is 0 Å². The molecule has 0 spiro atoms. The van der Waals surface area contributed by atoms with Gasteiger partial charge < -0.3 is 5.11 Å². The van der Waals surface area contributed by atoms with Gasteiger partial charge in [-0.05, 0) is 158 Å². The van der Waals surface area contributed by atoms with Crippen molar-refractivity contribution in [3.05, 3.63) is 129 Å². The third kappa shape index (κ3) is 4.34. The number of hydrogen-bond acceptors (Lipinski definition) is 1. The van der Waals surface area contributed by atoms with Gasteiger partial charge in [0.15, 0.2) is 0 Å². The minimum Gasteiger partial charge on any atom is -0.508 e. The van der Waals surface area contributed by atoms with Gasteiger partial charge >= 0.3 is 0 Å². The standard InChI is InChI=1S/C28H23I3O/c1-17-14-21(6-11-25(17)29)28(20-4-9-24(32)10-5-20,22-7-12-26(30)18(2)15-22)23-8-13-27(31)19(3)16-23/h4-16,32H,1-3H3. The van der Waals surface area contributed by atoms with Crippen molar-refractivity contribution in [2.24, 2.45) is 0 Å². The van der Waals surface area contributed by atoms with Gasteiger partial charge in [-0.1, -0.05) is 48.5 Å². The molecule has 1 nitrogen and oxygen atoms in total. The zero-order valence-corrected chi connectivity index (χ0v) is 24.6. The summed E-state index contributed by atoms with van der Waals surface area (Å²) >= 11 is 7.21. The Balaban J connectivity index is 2.19. The molecule has 0 saturated carbocycles. The lowest BCUT2D eigenvalue weighted by molar-refractivity contribution is 0.475. The van der Waals surface area contributed by atoms with E-state index in [9.17, 15) is 5.11 Å². The first-order valence-electron chi connectivity index (χ1n) is 10.3. The maximum atomic E-state index is 10.1. The Kier molecular flexibility index (Phi) is 7.22. The van der Waals surface area contributed by atoms with Crippen LogP contribution in [-0.4, -0.2) is 5.11 Å². The third-order valence-electron chi connectivity index (χ3n) is 6.07. The van der Waals surface area contributed by atoms with Crippen LogP contribution in [0, 0.1) is 31.5 Å². The number of hydrogen-bond donors (Lipinski definition) is 1. The third-order valence-corrected chi connectivity index (χ3v) is 9.70. The van der Waals surface area contributed by atoms with Crippen LogP contribution in [0.25, 0.3) is 0 Å². The van der Waals surface area contributed by atoms with Crippen molar-refractivity contribution in [3.63, 3.8) is 0 Å². The quantitative estimate of drug-likeness (QED) is 0.164. The van der Waals surface area contributed by atoms with E-state index in [0.717, 1.165) is 5.56 Å². The van der Waals surface area contributed by atoms with Gasteiger partial charge in [-0.3, -0.25) is 0 Å². The maximum absolute atomic E-state index is 10.1. The lowest BCUT2D eigenvalue weighted by atomic mass is 9.64. The number of rotatable bonds is 4. The molecule has 162 valence electrons. The van der Waals surface area contributed by atoms with Gasteiger partial charge in [-0.15, -0.1) is 0 Å². The van der Waals surface area contributed by atoms with E-state index in [4.69, 9.17) is 0 Å². The molecule has 0 aromatic heterocycles. The van der Waals surface area contributed by atoms with E-state index >= 15 is 0 Å². The molecule has 0 radical (unpaired) electrons. The monoisotopic (exact) mass is 756 g/mol. The van der Waals surface area contributed by atoms with E-state index in [1.165, 1.54) is 44.1 Å². The van der Waals surface area contributed by atoms with Crippen LogP contribution in [0.1, 0.15) is 38.9 Å². The fourth-order valence-electron chi connectivity index (χ4n) is 4.35. The van der Waals surface area contributed by atoms with Gasteiger partial charge in [0, 0.05) is 10.7 Å². The highest BCUT2D eigenvalue weighted by molar-refractivity contribution is 14.1. The van der Waals surface area contributed by atoms with E-state index in [1.54, 1.807) is 12.1 Å². The SMILES string of the molecule is Cc1cc(C(c2ccc(O)cc2)(c2ccc(I)c(C)c2)c2ccc(I)c(C)c2)ccc1I. The van der Waals surface area contributed by atoms with E-state index in [1.807, 2.05) is 0 Å². The molecule has 1 N–H and O–H groups in total. The lowest BCUT2D eigenvalue weighted by Crippen LogP contribution is -2.31. The summed E-state index contributed by atoms with van der Waals surface area (Å²) in [5.74, 6) is 0.277. The summed E-state index contributed by atoms with van der Waals surface area (Å²) in [4.78, 5) is 0. The minimum atomic E-state index is -0.507. The molecule has 4 heteroatoms. The molecule has 32 heavy (non-hydrogen) atoms.